The SMILES string of the molecule is O=C(NC1CCCC1)c1cc2n(n1)CCN(C(=O)C1CCOCC1)C2. The molecule has 0 atom stereocenters. The molecule has 1 N–H and O–H groups in total. The zero-order valence-corrected chi connectivity index (χ0v) is 14.6. The van der Waals surface area contributed by atoms with Gasteiger partial charge in [-0.15, -0.1) is 0 Å². The van der Waals surface area contributed by atoms with Crippen LogP contribution in [0.25, 0.3) is 0 Å². The van der Waals surface area contributed by atoms with Gasteiger partial charge in [0.25, 0.3) is 5.91 Å². The van der Waals surface area contributed by atoms with Gasteiger partial charge in [0.15, 0.2) is 5.69 Å². The Morgan fingerprint density at radius 1 is 1.12 bits per heavy atom. The summed E-state index contributed by atoms with van der Waals surface area (Å²) in [4.78, 5) is 27.0. The number of carbonyl (C=O) groups excluding carboxylic acids is 2. The maximum absolute atomic E-state index is 12.7. The summed E-state index contributed by atoms with van der Waals surface area (Å²) in [5, 5.41) is 7.53. The van der Waals surface area contributed by atoms with E-state index in [0.29, 0.717) is 38.5 Å². The molecule has 2 amide bonds. The van der Waals surface area contributed by atoms with Crippen LogP contribution in [-0.2, 0) is 22.6 Å². The fourth-order valence-corrected chi connectivity index (χ4v) is 4.10. The van der Waals surface area contributed by atoms with Crippen LogP contribution in [0.3, 0.4) is 0 Å². The van der Waals surface area contributed by atoms with Crippen LogP contribution < -0.4 is 5.32 Å². The van der Waals surface area contributed by atoms with Crippen molar-refractivity contribution in [3.05, 3.63) is 17.5 Å². The van der Waals surface area contributed by atoms with E-state index in [1.54, 1.807) is 0 Å². The summed E-state index contributed by atoms with van der Waals surface area (Å²) in [6.07, 6.45) is 6.12. The third-order valence-corrected chi connectivity index (χ3v) is 5.60. The van der Waals surface area contributed by atoms with Crippen molar-refractivity contribution >= 4 is 11.8 Å². The molecule has 136 valence electrons. The molecule has 2 aliphatic heterocycles. The lowest BCUT2D eigenvalue weighted by molar-refractivity contribution is -0.140. The molecule has 1 saturated heterocycles. The van der Waals surface area contributed by atoms with Crippen molar-refractivity contribution in [1.82, 2.24) is 20.0 Å². The van der Waals surface area contributed by atoms with Crippen LogP contribution >= 0.6 is 0 Å². The van der Waals surface area contributed by atoms with E-state index >= 15 is 0 Å². The molecule has 1 aromatic heterocycles. The Kier molecular flexibility index (Phi) is 4.74. The zero-order chi connectivity index (χ0) is 17.2. The van der Waals surface area contributed by atoms with Crippen LogP contribution in [0.4, 0.5) is 0 Å². The fraction of sp³-hybridized carbons (Fsp3) is 0.722. The molecule has 25 heavy (non-hydrogen) atoms. The molecule has 3 aliphatic rings. The molecule has 7 heteroatoms. The summed E-state index contributed by atoms with van der Waals surface area (Å²) >= 11 is 0. The average Bonchev–Trinajstić information content (AvgIpc) is 3.30. The minimum absolute atomic E-state index is 0.0772. The number of nitrogens with one attached hydrogen (secondary N) is 1. The first-order valence-corrected chi connectivity index (χ1v) is 9.45. The van der Waals surface area contributed by atoms with Gasteiger partial charge in [0.2, 0.25) is 5.91 Å². The predicted molar refractivity (Wildman–Crippen MR) is 90.9 cm³/mol. The molecule has 0 bridgehead atoms. The number of hydrogen-bond acceptors (Lipinski definition) is 4. The van der Waals surface area contributed by atoms with Gasteiger partial charge >= 0.3 is 0 Å². The number of hydrogen-bond donors (Lipinski definition) is 1. The van der Waals surface area contributed by atoms with Crippen molar-refractivity contribution in [1.29, 1.82) is 0 Å². The standard InChI is InChI=1S/C18H26N4O3/c23-17(19-14-3-1-2-4-14)16-11-15-12-21(7-8-22(15)20-16)18(24)13-5-9-25-10-6-13/h11,13-14H,1-10,12H2,(H,19,23). The lowest BCUT2D eigenvalue weighted by Crippen LogP contribution is -2.42. The Balaban J connectivity index is 1.40. The monoisotopic (exact) mass is 346 g/mol. The first-order valence-electron chi connectivity index (χ1n) is 9.45. The first-order chi connectivity index (χ1) is 12.2. The van der Waals surface area contributed by atoms with Crippen LogP contribution in [0.5, 0.6) is 0 Å². The van der Waals surface area contributed by atoms with Crippen molar-refractivity contribution in [2.75, 3.05) is 19.8 Å². The van der Waals surface area contributed by atoms with E-state index in [0.717, 1.165) is 31.4 Å². The maximum atomic E-state index is 12.7. The van der Waals surface area contributed by atoms with E-state index in [9.17, 15) is 9.59 Å². The maximum Gasteiger partial charge on any atom is 0.272 e. The number of amides is 2. The second-order valence-corrected chi connectivity index (χ2v) is 7.35. The Morgan fingerprint density at radius 2 is 1.88 bits per heavy atom. The quantitative estimate of drug-likeness (QED) is 0.896. The smallest absolute Gasteiger partial charge is 0.272 e. The third-order valence-electron chi connectivity index (χ3n) is 5.60. The van der Waals surface area contributed by atoms with E-state index in [1.807, 2.05) is 15.6 Å². The summed E-state index contributed by atoms with van der Waals surface area (Å²) < 4.78 is 7.22. The molecule has 1 aromatic rings. The minimum Gasteiger partial charge on any atom is -0.381 e. The van der Waals surface area contributed by atoms with Gasteiger partial charge < -0.3 is 15.0 Å². The predicted octanol–water partition coefficient (Wildman–Crippen LogP) is 1.32. The number of fused-ring (bicyclic) bond motifs is 1. The highest BCUT2D eigenvalue weighted by molar-refractivity contribution is 5.92. The van der Waals surface area contributed by atoms with E-state index in [2.05, 4.69) is 10.4 Å². The highest BCUT2D eigenvalue weighted by Crippen LogP contribution is 2.22. The van der Waals surface area contributed by atoms with Gasteiger partial charge in [-0.1, -0.05) is 12.8 Å². The molecule has 3 heterocycles. The summed E-state index contributed by atoms with van der Waals surface area (Å²) in [5.74, 6) is 0.206. The molecule has 1 aliphatic carbocycles. The third kappa shape index (κ3) is 3.56. The van der Waals surface area contributed by atoms with Crippen molar-refractivity contribution in [3.63, 3.8) is 0 Å². The van der Waals surface area contributed by atoms with Crippen LogP contribution in [0, 0.1) is 5.92 Å². The van der Waals surface area contributed by atoms with Crippen molar-refractivity contribution in [2.24, 2.45) is 5.92 Å². The number of nitrogens with zero attached hydrogens (tertiary/aromatic N) is 3. The highest BCUT2D eigenvalue weighted by atomic mass is 16.5. The first kappa shape index (κ1) is 16.6. The van der Waals surface area contributed by atoms with Crippen LogP contribution in [0.1, 0.15) is 54.7 Å². The summed E-state index contributed by atoms with van der Waals surface area (Å²) in [6, 6.07) is 2.13. The molecule has 4 rings (SSSR count). The molecule has 0 radical (unpaired) electrons. The second-order valence-electron chi connectivity index (χ2n) is 7.35. The van der Waals surface area contributed by atoms with E-state index in [4.69, 9.17) is 4.74 Å². The van der Waals surface area contributed by atoms with E-state index in [1.165, 1.54) is 12.8 Å². The average molecular weight is 346 g/mol. The van der Waals surface area contributed by atoms with E-state index < -0.39 is 0 Å². The molecule has 7 nitrogen and oxygen atoms in total. The normalized spacial score (nSPS) is 22.0. The molecule has 2 fully saturated rings. The van der Waals surface area contributed by atoms with Crippen LogP contribution in [0.15, 0.2) is 6.07 Å². The molecule has 0 aromatic carbocycles. The van der Waals surface area contributed by atoms with Crippen molar-refractivity contribution in [2.45, 2.75) is 57.7 Å². The topological polar surface area (TPSA) is 76.5 Å². The lowest BCUT2D eigenvalue weighted by atomic mass is 9.98. The Hall–Kier alpha value is -1.89. The molecule has 0 unspecified atom stereocenters. The summed E-state index contributed by atoms with van der Waals surface area (Å²) in [7, 11) is 0. The molecular formula is C18H26N4O3. The molecule has 1 saturated carbocycles. The van der Waals surface area contributed by atoms with Gasteiger partial charge in [-0.2, -0.15) is 5.10 Å². The van der Waals surface area contributed by atoms with Crippen molar-refractivity contribution < 1.29 is 14.3 Å². The number of aromatic nitrogens is 2. The van der Waals surface area contributed by atoms with E-state index in [-0.39, 0.29) is 23.8 Å². The Labute approximate surface area is 147 Å². The highest BCUT2D eigenvalue weighted by Gasteiger charge is 2.30. The largest absolute Gasteiger partial charge is 0.381 e. The Bertz CT molecular complexity index is 645. The number of carbonyl (C=O) groups is 2. The zero-order valence-electron chi connectivity index (χ0n) is 14.6. The molecule has 0 spiro atoms. The van der Waals surface area contributed by atoms with Gasteiger partial charge in [0, 0.05) is 31.7 Å². The fourth-order valence-electron chi connectivity index (χ4n) is 4.10. The van der Waals surface area contributed by atoms with Crippen LogP contribution in [-0.4, -0.2) is 52.3 Å². The van der Waals surface area contributed by atoms with Gasteiger partial charge in [0.1, 0.15) is 0 Å². The minimum atomic E-state index is -0.0869. The van der Waals surface area contributed by atoms with Gasteiger partial charge in [-0.05, 0) is 31.7 Å². The summed E-state index contributed by atoms with van der Waals surface area (Å²) in [5.41, 5.74) is 1.42. The molecular weight excluding hydrogens is 320 g/mol. The van der Waals surface area contributed by atoms with Gasteiger partial charge in [0.05, 0.1) is 18.8 Å². The second kappa shape index (κ2) is 7.15. The van der Waals surface area contributed by atoms with Crippen molar-refractivity contribution in [3.8, 4) is 0 Å². The number of rotatable bonds is 3. The van der Waals surface area contributed by atoms with Gasteiger partial charge in [-0.3, -0.25) is 14.3 Å². The summed E-state index contributed by atoms with van der Waals surface area (Å²) in [6.45, 7) is 3.21. The Morgan fingerprint density at radius 3 is 2.64 bits per heavy atom. The van der Waals surface area contributed by atoms with Gasteiger partial charge in [-0.25, -0.2) is 0 Å². The van der Waals surface area contributed by atoms with Crippen LogP contribution in [0.2, 0.25) is 0 Å². The lowest BCUT2D eigenvalue weighted by Gasteiger charge is -2.32. The number of ether oxygens (including phenoxy) is 1.